The molecule has 26 heavy (non-hydrogen) atoms. The van der Waals surface area contributed by atoms with Gasteiger partial charge in [-0.25, -0.2) is 0 Å². The highest BCUT2D eigenvalue weighted by atomic mass is 32.2. The number of morpholine rings is 1. The molecule has 0 saturated carbocycles. The number of fused-ring (bicyclic) bond motifs is 1. The standard InChI is InChI=1S/C19H27N3O3S/c1-15-7-8-22(16-5-3-4-6-17(16)26-15)19(24)14-20(2)13-18(23)21-9-11-25-12-10-21/h3-6,15H,7-14H2,1-2H3. The number of likely N-dealkylation sites (N-methyl/N-ethyl adjacent to an activating group) is 1. The van der Waals surface area contributed by atoms with Gasteiger partial charge in [0.2, 0.25) is 11.8 Å². The minimum Gasteiger partial charge on any atom is -0.378 e. The van der Waals surface area contributed by atoms with Crippen LogP contribution in [0, 0.1) is 0 Å². The van der Waals surface area contributed by atoms with Crippen LogP contribution in [0.3, 0.4) is 0 Å². The lowest BCUT2D eigenvalue weighted by Gasteiger charge is -2.29. The first-order valence-electron chi connectivity index (χ1n) is 9.14. The van der Waals surface area contributed by atoms with Crippen molar-refractivity contribution in [2.45, 2.75) is 23.5 Å². The molecule has 1 saturated heterocycles. The summed E-state index contributed by atoms with van der Waals surface area (Å²) in [6, 6.07) is 8.08. The third-order valence-electron chi connectivity index (χ3n) is 4.72. The van der Waals surface area contributed by atoms with Gasteiger partial charge in [-0.05, 0) is 25.6 Å². The largest absolute Gasteiger partial charge is 0.378 e. The van der Waals surface area contributed by atoms with Crippen molar-refractivity contribution in [1.82, 2.24) is 9.80 Å². The molecule has 0 aliphatic carbocycles. The zero-order chi connectivity index (χ0) is 18.5. The molecule has 0 spiro atoms. The Labute approximate surface area is 159 Å². The van der Waals surface area contributed by atoms with Crippen LogP contribution in [0.1, 0.15) is 13.3 Å². The Morgan fingerprint density at radius 1 is 1.15 bits per heavy atom. The number of hydrogen-bond acceptors (Lipinski definition) is 5. The Morgan fingerprint density at radius 3 is 2.62 bits per heavy atom. The van der Waals surface area contributed by atoms with E-state index in [4.69, 9.17) is 4.74 Å². The molecule has 1 fully saturated rings. The summed E-state index contributed by atoms with van der Waals surface area (Å²) < 4.78 is 5.28. The van der Waals surface area contributed by atoms with Crippen LogP contribution in [0.2, 0.25) is 0 Å². The van der Waals surface area contributed by atoms with Crippen molar-refractivity contribution < 1.29 is 14.3 Å². The lowest BCUT2D eigenvalue weighted by molar-refractivity contribution is -0.136. The molecule has 1 aromatic carbocycles. The molecule has 1 aromatic rings. The van der Waals surface area contributed by atoms with E-state index in [2.05, 4.69) is 13.0 Å². The molecule has 1 unspecified atom stereocenters. The fourth-order valence-electron chi connectivity index (χ4n) is 3.26. The zero-order valence-corrected chi connectivity index (χ0v) is 16.3. The maximum Gasteiger partial charge on any atom is 0.241 e. The lowest BCUT2D eigenvalue weighted by atomic mass is 10.2. The minimum absolute atomic E-state index is 0.0458. The SMILES string of the molecule is CC1CCN(C(=O)CN(C)CC(=O)N2CCOCC2)c2ccccc2S1. The van der Waals surface area contributed by atoms with Gasteiger partial charge in [0.05, 0.1) is 32.0 Å². The van der Waals surface area contributed by atoms with Crippen LogP contribution in [0.15, 0.2) is 29.2 Å². The summed E-state index contributed by atoms with van der Waals surface area (Å²) >= 11 is 1.82. The van der Waals surface area contributed by atoms with Crippen LogP contribution in [-0.4, -0.2) is 79.8 Å². The first kappa shape index (κ1) is 19.2. The van der Waals surface area contributed by atoms with E-state index in [1.165, 1.54) is 0 Å². The summed E-state index contributed by atoms with van der Waals surface area (Å²) in [6.45, 7) is 5.86. The van der Waals surface area contributed by atoms with E-state index in [-0.39, 0.29) is 24.9 Å². The van der Waals surface area contributed by atoms with Gasteiger partial charge in [0, 0.05) is 29.8 Å². The van der Waals surface area contributed by atoms with Crippen LogP contribution in [0.5, 0.6) is 0 Å². The molecule has 0 bridgehead atoms. The fraction of sp³-hybridized carbons (Fsp3) is 0.579. The van der Waals surface area contributed by atoms with E-state index in [1.807, 2.05) is 51.7 Å². The first-order valence-corrected chi connectivity index (χ1v) is 10.0. The number of thioether (sulfide) groups is 1. The zero-order valence-electron chi connectivity index (χ0n) is 15.5. The summed E-state index contributed by atoms with van der Waals surface area (Å²) in [5, 5.41) is 0.481. The molecule has 2 amide bonds. The Kier molecular flexibility index (Phi) is 6.56. The third kappa shape index (κ3) is 4.78. The molecule has 2 aliphatic heterocycles. The predicted octanol–water partition coefficient (Wildman–Crippen LogP) is 1.69. The number of anilines is 1. The predicted molar refractivity (Wildman–Crippen MR) is 104 cm³/mol. The smallest absolute Gasteiger partial charge is 0.241 e. The van der Waals surface area contributed by atoms with Gasteiger partial charge < -0.3 is 14.5 Å². The number of benzene rings is 1. The van der Waals surface area contributed by atoms with E-state index in [1.54, 1.807) is 0 Å². The number of carbonyl (C=O) groups excluding carboxylic acids is 2. The van der Waals surface area contributed by atoms with Crippen LogP contribution in [-0.2, 0) is 14.3 Å². The second-order valence-corrected chi connectivity index (χ2v) is 8.38. The molecular formula is C19H27N3O3S. The molecule has 2 heterocycles. The van der Waals surface area contributed by atoms with Gasteiger partial charge in [0.15, 0.2) is 0 Å². The van der Waals surface area contributed by atoms with Crippen LogP contribution < -0.4 is 4.90 Å². The van der Waals surface area contributed by atoms with Crippen LogP contribution >= 0.6 is 11.8 Å². The third-order valence-corrected chi connectivity index (χ3v) is 5.96. The summed E-state index contributed by atoms with van der Waals surface area (Å²) in [6.07, 6.45) is 0.960. The number of para-hydroxylation sites is 1. The Balaban J connectivity index is 1.61. The first-order chi connectivity index (χ1) is 12.5. The van der Waals surface area contributed by atoms with Crippen molar-refractivity contribution >= 4 is 29.3 Å². The highest BCUT2D eigenvalue weighted by molar-refractivity contribution is 8.00. The topological polar surface area (TPSA) is 53.1 Å². The number of ether oxygens (including phenoxy) is 1. The number of nitrogens with zero attached hydrogens (tertiary/aromatic N) is 3. The van der Waals surface area contributed by atoms with Gasteiger partial charge in [0.1, 0.15) is 0 Å². The molecule has 0 aromatic heterocycles. The monoisotopic (exact) mass is 377 g/mol. The van der Waals surface area contributed by atoms with Gasteiger partial charge >= 0.3 is 0 Å². The highest BCUT2D eigenvalue weighted by Crippen LogP contribution is 2.37. The van der Waals surface area contributed by atoms with Crippen molar-refractivity contribution in [3.05, 3.63) is 24.3 Å². The molecule has 142 valence electrons. The van der Waals surface area contributed by atoms with Gasteiger partial charge in [-0.15, -0.1) is 11.8 Å². The Hall–Kier alpha value is -1.57. The molecule has 7 heteroatoms. The molecule has 1 atom stereocenters. The normalized spacial score (nSPS) is 20.7. The number of carbonyl (C=O) groups is 2. The number of amides is 2. The minimum atomic E-state index is 0.0458. The molecule has 2 aliphatic rings. The van der Waals surface area contributed by atoms with Crippen molar-refractivity contribution in [3.63, 3.8) is 0 Å². The van der Waals surface area contributed by atoms with E-state index < -0.39 is 0 Å². The summed E-state index contributed by atoms with van der Waals surface area (Å²) in [5.74, 6) is 0.105. The number of hydrogen-bond donors (Lipinski definition) is 0. The molecular weight excluding hydrogens is 350 g/mol. The van der Waals surface area contributed by atoms with Crippen molar-refractivity contribution in [3.8, 4) is 0 Å². The Morgan fingerprint density at radius 2 is 1.85 bits per heavy atom. The van der Waals surface area contributed by atoms with Gasteiger partial charge in [-0.3, -0.25) is 14.5 Å². The van der Waals surface area contributed by atoms with Gasteiger partial charge in [-0.2, -0.15) is 0 Å². The highest BCUT2D eigenvalue weighted by Gasteiger charge is 2.26. The molecule has 0 N–H and O–H groups in total. The second-order valence-electron chi connectivity index (χ2n) is 6.90. The number of rotatable bonds is 4. The van der Waals surface area contributed by atoms with E-state index >= 15 is 0 Å². The molecule has 0 radical (unpaired) electrons. The van der Waals surface area contributed by atoms with Gasteiger partial charge in [-0.1, -0.05) is 19.1 Å². The summed E-state index contributed by atoms with van der Waals surface area (Å²) in [7, 11) is 1.83. The van der Waals surface area contributed by atoms with Crippen LogP contribution in [0.25, 0.3) is 0 Å². The van der Waals surface area contributed by atoms with E-state index in [9.17, 15) is 9.59 Å². The van der Waals surface area contributed by atoms with Crippen molar-refractivity contribution in [2.24, 2.45) is 0 Å². The van der Waals surface area contributed by atoms with Gasteiger partial charge in [0.25, 0.3) is 0 Å². The quantitative estimate of drug-likeness (QED) is 0.799. The Bertz CT molecular complexity index is 649. The lowest BCUT2D eigenvalue weighted by Crippen LogP contribution is -2.47. The molecule has 3 rings (SSSR count). The van der Waals surface area contributed by atoms with E-state index in [0.717, 1.165) is 23.5 Å². The second kappa shape index (κ2) is 8.88. The maximum atomic E-state index is 12.9. The summed E-state index contributed by atoms with van der Waals surface area (Å²) in [4.78, 5) is 31.9. The van der Waals surface area contributed by atoms with Crippen molar-refractivity contribution in [1.29, 1.82) is 0 Å². The average Bonchev–Trinajstić information content (AvgIpc) is 2.80. The van der Waals surface area contributed by atoms with Crippen LogP contribution in [0.4, 0.5) is 5.69 Å². The van der Waals surface area contributed by atoms with E-state index in [0.29, 0.717) is 31.6 Å². The summed E-state index contributed by atoms with van der Waals surface area (Å²) in [5.41, 5.74) is 0.986. The molecule has 6 nitrogen and oxygen atoms in total. The maximum absolute atomic E-state index is 12.9. The van der Waals surface area contributed by atoms with Crippen molar-refractivity contribution in [2.75, 3.05) is 57.9 Å². The fourth-order valence-corrected chi connectivity index (χ4v) is 4.37. The average molecular weight is 378 g/mol.